The molecule has 230 valence electrons. The summed E-state index contributed by atoms with van der Waals surface area (Å²) in [5, 5.41) is 1.93. The number of nitrogens with zero attached hydrogens (tertiary/aromatic N) is 4. The smallest absolute Gasteiger partial charge is 0.227 e. The van der Waals surface area contributed by atoms with Crippen molar-refractivity contribution < 1.29 is 4.42 Å². The van der Waals surface area contributed by atoms with Gasteiger partial charge in [0.25, 0.3) is 0 Å². The molecule has 0 atom stereocenters. The lowest BCUT2D eigenvalue weighted by Crippen LogP contribution is -2.01. The Morgan fingerprint density at radius 3 is 1.43 bits per heavy atom. The monoisotopic (exact) mass is 628 g/mol. The van der Waals surface area contributed by atoms with E-state index in [1.807, 2.05) is 54.6 Å². The second-order valence-corrected chi connectivity index (χ2v) is 11.9. The number of hydrogen-bond acceptors (Lipinski definition) is 5. The molecule has 0 N–H and O–H groups in total. The van der Waals surface area contributed by atoms with Gasteiger partial charge in [-0.3, -0.25) is 0 Å². The standard InChI is InChI=1S/C44H28N4O/c1-4-13-29(14-5-1)33-20-10-22-35(27-33)41-46-42(36-23-11-21-34(28-36)30-15-6-2-7-16-30)48-43(47-41)37-24-12-19-31-25-26-38-40(39(31)37)49-44(45-38)32-17-8-3-9-18-32/h1-28H. The zero-order valence-electron chi connectivity index (χ0n) is 26.4. The molecule has 0 amide bonds. The predicted octanol–water partition coefficient (Wildman–Crippen LogP) is 11.2. The van der Waals surface area contributed by atoms with Crippen LogP contribution >= 0.6 is 0 Å². The van der Waals surface area contributed by atoms with Gasteiger partial charge < -0.3 is 4.42 Å². The summed E-state index contributed by atoms with van der Waals surface area (Å²) < 4.78 is 6.51. The molecule has 2 aromatic heterocycles. The van der Waals surface area contributed by atoms with Gasteiger partial charge in [-0.15, -0.1) is 0 Å². The number of rotatable bonds is 6. The topological polar surface area (TPSA) is 64.7 Å². The quantitative estimate of drug-likeness (QED) is 0.183. The van der Waals surface area contributed by atoms with Crippen molar-refractivity contribution in [2.24, 2.45) is 0 Å². The number of oxazole rings is 1. The van der Waals surface area contributed by atoms with E-state index in [1.165, 1.54) is 0 Å². The molecule has 2 heterocycles. The van der Waals surface area contributed by atoms with Crippen LogP contribution in [0.15, 0.2) is 174 Å². The summed E-state index contributed by atoms with van der Waals surface area (Å²) in [4.78, 5) is 20.3. The Hall–Kier alpha value is -6.72. The van der Waals surface area contributed by atoms with Crippen LogP contribution in [0, 0.1) is 0 Å². The maximum absolute atomic E-state index is 6.51. The van der Waals surface area contributed by atoms with Gasteiger partial charge in [-0.2, -0.15) is 0 Å². The van der Waals surface area contributed by atoms with E-state index < -0.39 is 0 Å². The van der Waals surface area contributed by atoms with E-state index in [-0.39, 0.29) is 0 Å². The Morgan fingerprint density at radius 1 is 0.347 bits per heavy atom. The minimum Gasteiger partial charge on any atom is -0.435 e. The van der Waals surface area contributed by atoms with Crippen LogP contribution in [0.2, 0.25) is 0 Å². The third-order valence-electron chi connectivity index (χ3n) is 8.75. The summed E-state index contributed by atoms with van der Waals surface area (Å²) in [5.74, 6) is 2.32. The van der Waals surface area contributed by atoms with Crippen LogP contribution in [0.25, 0.3) is 89.7 Å². The van der Waals surface area contributed by atoms with Crippen molar-refractivity contribution in [3.63, 3.8) is 0 Å². The summed E-state index contributed by atoms with van der Waals surface area (Å²) in [6, 6.07) is 57.7. The van der Waals surface area contributed by atoms with E-state index in [2.05, 4.69) is 115 Å². The molecule has 0 aliphatic carbocycles. The summed E-state index contributed by atoms with van der Waals surface area (Å²) in [6.07, 6.45) is 0. The fourth-order valence-corrected chi connectivity index (χ4v) is 6.34. The van der Waals surface area contributed by atoms with Crippen LogP contribution < -0.4 is 0 Å². The minimum absolute atomic E-state index is 0.561. The number of benzene rings is 7. The zero-order chi connectivity index (χ0) is 32.6. The lowest BCUT2D eigenvalue weighted by atomic mass is 10.0. The maximum atomic E-state index is 6.51. The number of hydrogen-bond donors (Lipinski definition) is 0. The molecule has 0 aliphatic rings. The van der Waals surface area contributed by atoms with Crippen molar-refractivity contribution in [1.82, 2.24) is 19.9 Å². The lowest BCUT2D eigenvalue weighted by Gasteiger charge is -2.12. The van der Waals surface area contributed by atoms with Crippen LogP contribution in [-0.2, 0) is 0 Å². The van der Waals surface area contributed by atoms with Crippen LogP contribution in [0.3, 0.4) is 0 Å². The van der Waals surface area contributed by atoms with E-state index in [9.17, 15) is 0 Å². The molecule has 0 radical (unpaired) electrons. The van der Waals surface area contributed by atoms with Gasteiger partial charge in [-0.05, 0) is 58.0 Å². The van der Waals surface area contributed by atoms with Gasteiger partial charge in [0.1, 0.15) is 5.52 Å². The van der Waals surface area contributed by atoms with Crippen LogP contribution in [0.5, 0.6) is 0 Å². The molecule has 7 aromatic carbocycles. The van der Waals surface area contributed by atoms with Crippen molar-refractivity contribution in [2.75, 3.05) is 0 Å². The molecule has 0 saturated heterocycles. The molecule has 5 nitrogen and oxygen atoms in total. The van der Waals surface area contributed by atoms with Crippen LogP contribution in [0.4, 0.5) is 0 Å². The van der Waals surface area contributed by atoms with Crippen molar-refractivity contribution in [3.8, 4) is 67.9 Å². The summed E-state index contributed by atoms with van der Waals surface area (Å²) in [5.41, 5.74) is 9.50. The highest BCUT2D eigenvalue weighted by Gasteiger charge is 2.19. The second-order valence-electron chi connectivity index (χ2n) is 11.9. The first-order valence-electron chi connectivity index (χ1n) is 16.2. The second kappa shape index (κ2) is 12.1. The van der Waals surface area contributed by atoms with Crippen molar-refractivity contribution in [1.29, 1.82) is 0 Å². The average molecular weight is 629 g/mol. The lowest BCUT2D eigenvalue weighted by molar-refractivity contribution is 0.623. The zero-order valence-corrected chi connectivity index (χ0v) is 26.4. The Balaban J connectivity index is 1.27. The molecule has 9 aromatic rings. The SMILES string of the molecule is c1ccc(-c2cccc(-c3nc(-c4cccc(-c5ccccc5)c4)nc(-c4cccc5ccc6nc(-c7ccccc7)oc6c45)n3)c2)cc1. The first-order valence-corrected chi connectivity index (χ1v) is 16.2. The normalized spacial score (nSPS) is 11.3. The molecule has 0 saturated carbocycles. The van der Waals surface area contributed by atoms with Crippen LogP contribution in [-0.4, -0.2) is 19.9 Å². The molecular formula is C44H28N4O. The average Bonchev–Trinajstić information content (AvgIpc) is 3.64. The van der Waals surface area contributed by atoms with Gasteiger partial charge in [0.05, 0.1) is 0 Å². The van der Waals surface area contributed by atoms with Crippen molar-refractivity contribution in [3.05, 3.63) is 170 Å². The van der Waals surface area contributed by atoms with E-state index in [0.29, 0.717) is 28.9 Å². The first kappa shape index (κ1) is 28.5. The van der Waals surface area contributed by atoms with E-state index >= 15 is 0 Å². The van der Waals surface area contributed by atoms with Gasteiger partial charge >= 0.3 is 0 Å². The summed E-state index contributed by atoms with van der Waals surface area (Å²) >= 11 is 0. The fraction of sp³-hybridized carbons (Fsp3) is 0. The Kier molecular flexibility index (Phi) is 7.06. The highest BCUT2D eigenvalue weighted by molar-refractivity contribution is 6.10. The van der Waals surface area contributed by atoms with Gasteiger partial charge in [0.2, 0.25) is 5.89 Å². The molecule has 5 heteroatoms. The largest absolute Gasteiger partial charge is 0.435 e. The van der Waals surface area contributed by atoms with E-state index in [1.54, 1.807) is 0 Å². The molecular weight excluding hydrogens is 601 g/mol. The third kappa shape index (κ3) is 5.43. The first-order chi connectivity index (χ1) is 24.3. The molecule has 9 rings (SSSR count). The van der Waals surface area contributed by atoms with Crippen molar-refractivity contribution >= 4 is 21.9 Å². The Morgan fingerprint density at radius 2 is 0.837 bits per heavy atom. The Bertz CT molecular complexity index is 2500. The predicted molar refractivity (Wildman–Crippen MR) is 198 cm³/mol. The molecule has 49 heavy (non-hydrogen) atoms. The van der Waals surface area contributed by atoms with Crippen molar-refractivity contribution in [2.45, 2.75) is 0 Å². The van der Waals surface area contributed by atoms with Gasteiger partial charge in [-0.25, -0.2) is 19.9 Å². The fourth-order valence-electron chi connectivity index (χ4n) is 6.34. The van der Waals surface area contributed by atoms with E-state index in [4.69, 9.17) is 24.4 Å². The van der Waals surface area contributed by atoms with Crippen LogP contribution in [0.1, 0.15) is 0 Å². The Labute approximate surface area is 283 Å². The van der Waals surface area contributed by atoms with Gasteiger partial charge in [0.15, 0.2) is 23.1 Å². The van der Waals surface area contributed by atoms with Gasteiger partial charge in [-0.1, -0.05) is 140 Å². The molecule has 0 fully saturated rings. The molecule has 0 aliphatic heterocycles. The highest BCUT2D eigenvalue weighted by Crippen LogP contribution is 2.37. The molecule has 0 unspecified atom stereocenters. The summed E-state index contributed by atoms with van der Waals surface area (Å²) in [7, 11) is 0. The molecule has 0 spiro atoms. The van der Waals surface area contributed by atoms with Gasteiger partial charge in [0, 0.05) is 27.6 Å². The third-order valence-corrected chi connectivity index (χ3v) is 8.75. The van der Waals surface area contributed by atoms with E-state index in [0.717, 1.165) is 60.8 Å². The highest BCUT2D eigenvalue weighted by atomic mass is 16.3. The number of fused-ring (bicyclic) bond motifs is 3. The summed E-state index contributed by atoms with van der Waals surface area (Å²) in [6.45, 7) is 0. The number of aromatic nitrogens is 4. The molecule has 0 bridgehead atoms. The maximum Gasteiger partial charge on any atom is 0.227 e. The minimum atomic E-state index is 0.561.